The summed E-state index contributed by atoms with van der Waals surface area (Å²) in [5.74, 6) is 0.277. The van der Waals surface area contributed by atoms with Crippen LogP contribution in [0.5, 0.6) is 5.75 Å². The third-order valence-electron chi connectivity index (χ3n) is 3.86. The van der Waals surface area contributed by atoms with Crippen LogP contribution in [0.1, 0.15) is 40.4 Å². The van der Waals surface area contributed by atoms with Crippen LogP contribution in [0.3, 0.4) is 0 Å². The fourth-order valence-electron chi connectivity index (χ4n) is 2.37. The van der Waals surface area contributed by atoms with Gasteiger partial charge in [-0.05, 0) is 43.7 Å². The van der Waals surface area contributed by atoms with E-state index in [0.29, 0.717) is 19.6 Å². The van der Waals surface area contributed by atoms with Crippen molar-refractivity contribution < 1.29 is 14.3 Å². The first-order chi connectivity index (χ1) is 12.1. The van der Waals surface area contributed by atoms with E-state index in [1.807, 2.05) is 38.1 Å². The van der Waals surface area contributed by atoms with Gasteiger partial charge in [-0.3, -0.25) is 9.59 Å². The molecule has 0 unspecified atom stereocenters. The molecule has 1 aromatic carbocycles. The maximum Gasteiger partial charge on any atom is 0.272 e. The highest BCUT2D eigenvalue weighted by Crippen LogP contribution is 2.11. The maximum atomic E-state index is 12.3. The summed E-state index contributed by atoms with van der Waals surface area (Å²) in [5, 5.41) is 2.81. The van der Waals surface area contributed by atoms with E-state index in [1.165, 1.54) is 0 Å². The number of aromatic nitrogens is 1. The van der Waals surface area contributed by atoms with Gasteiger partial charge < -0.3 is 15.0 Å². The number of carbonyl (C=O) groups is 2. The topological polar surface area (TPSA) is 71.5 Å². The number of hydrogen-bond donors (Lipinski definition) is 1. The van der Waals surface area contributed by atoms with E-state index in [4.69, 9.17) is 4.74 Å². The predicted molar refractivity (Wildman–Crippen MR) is 95.7 cm³/mol. The Labute approximate surface area is 147 Å². The van der Waals surface area contributed by atoms with E-state index < -0.39 is 0 Å². The number of ether oxygens (including phenoxy) is 1. The first-order valence-electron chi connectivity index (χ1n) is 8.26. The summed E-state index contributed by atoms with van der Waals surface area (Å²) >= 11 is 0. The number of amides is 2. The third-order valence-corrected chi connectivity index (χ3v) is 3.86. The van der Waals surface area contributed by atoms with Gasteiger partial charge in [-0.15, -0.1) is 0 Å². The second-order valence-electron chi connectivity index (χ2n) is 5.42. The molecule has 0 aliphatic heterocycles. The van der Waals surface area contributed by atoms with Crippen LogP contribution in [0, 0.1) is 0 Å². The van der Waals surface area contributed by atoms with Gasteiger partial charge in [0.1, 0.15) is 17.1 Å². The fraction of sp³-hybridized carbons (Fsp3) is 0.316. The highest BCUT2D eigenvalue weighted by Gasteiger charge is 2.16. The Kier molecular flexibility index (Phi) is 6.51. The number of methoxy groups -OCH3 is 1. The number of hydrogen-bond acceptors (Lipinski definition) is 4. The number of carbonyl (C=O) groups excluding carboxylic acids is 2. The molecule has 2 aromatic rings. The number of pyridine rings is 1. The van der Waals surface area contributed by atoms with E-state index in [-0.39, 0.29) is 23.2 Å². The Morgan fingerprint density at radius 2 is 1.68 bits per heavy atom. The van der Waals surface area contributed by atoms with Crippen molar-refractivity contribution in [1.82, 2.24) is 15.2 Å². The van der Waals surface area contributed by atoms with Crippen molar-refractivity contribution in [2.45, 2.75) is 20.4 Å². The molecule has 0 radical (unpaired) electrons. The van der Waals surface area contributed by atoms with Crippen molar-refractivity contribution in [3.05, 3.63) is 59.4 Å². The van der Waals surface area contributed by atoms with Crippen LogP contribution in [0.15, 0.2) is 42.5 Å². The molecule has 0 fully saturated rings. The average molecular weight is 341 g/mol. The van der Waals surface area contributed by atoms with Crippen LogP contribution in [0.2, 0.25) is 0 Å². The van der Waals surface area contributed by atoms with Crippen LogP contribution in [0.4, 0.5) is 0 Å². The molecular formula is C19H23N3O3. The van der Waals surface area contributed by atoms with Crippen LogP contribution in [-0.2, 0) is 6.54 Å². The van der Waals surface area contributed by atoms with Gasteiger partial charge in [-0.25, -0.2) is 4.98 Å². The third kappa shape index (κ3) is 4.79. The molecule has 132 valence electrons. The Morgan fingerprint density at radius 3 is 2.28 bits per heavy atom. The second kappa shape index (κ2) is 8.82. The van der Waals surface area contributed by atoms with Gasteiger partial charge in [-0.1, -0.05) is 18.2 Å². The molecule has 0 bridgehead atoms. The summed E-state index contributed by atoms with van der Waals surface area (Å²) in [5.41, 5.74) is 1.46. The molecular weight excluding hydrogens is 318 g/mol. The highest BCUT2D eigenvalue weighted by molar-refractivity contribution is 5.96. The molecule has 1 aromatic heterocycles. The van der Waals surface area contributed by atoms with E-state index in [1.54, 1.807) is 30.2 Å². The quantitative estimate of drug-likeness (QED) is 0.840. The molecule has 2 rings (SSSR count). The monoisotopic (exact) mass is 341 g/mol. The lowest BCUT2D eigenvalue weighted by atomic mass is 10.2. The molecule has 1 N–H and O–H groups in total. The number of rotatable bonds is 7. The lowest BCUT2D eigenvalue weighted by Gasteiger charge is -2.18. The fourth-order valence-corrected chi connectivity index (χ4v) is 2.37. The summed E-state index contributed by atoms with van der Waals surface area (Å²) in [4.78, 5) is 30.5. The molecule has 6 heteroatoms. The molecule has 0 aliphatic carbocycles. The molecule has 25 heavy (non-hydrogen) atoms. The number of nitrogens with one attached hydrogen (secondary N) is 1. The zero-order valence-electron chi connectivity index (χ0n) is 14.8. The largest absolute Gasteiger partial charge is 0.497 e. The lowest BCUT2D eigenvalue weighted by Crippen LogP contribution is -2.32. The molecule has 6 nitrogen and oxygen atoms in total. The van der Waals surface area contributed by atoms with Crippen molar-refractivity contribution in [2.75, 3.05) is 20.2 Å². The summed E-state index contributed by atoms with van der Waals surface area (Å²) in [7, 11) is 1.61. The van der Waals surface area contributed by atoms with E-state index in [0.717, 1.165) is 11.3 Å². The van der Waals surface area contributed by atoms with Crippen molar-refractivity contribution in [3.8, 4) is 5.75 Å². The molecule has 0 spiro atoms. The second-order valence-corrected chi connectivity index (χ2v) is 5.42. The Morgan fingerprint density at radius 1 is 1.04 bits per heavy atom. The number of benzene rings is 1. The molecule has 0 atom stereocenters. The Hall–Kier alpha value is -2.89. The minimum atomic E-state index is -0.315. The van der Waals surface area contributed by atoms with E-state index in [2.05, 4.69) is 10.3 Å². The summed E-state index contributed by atoms with van der Waals surface area (Å²) < 4.78 is 5.10. The highest BCUT2D eigenvalue weighted by atomic mass is 16.5. The Balaban J connectivity index is 2.03. The van der Waals surface area contributed by atoms with Gasteiger partial charge in [0, 0.05) is 19.6 Å². The van der Waals surface area contributed by atoms with Crippen molar-refractivity contribution in [2.24, 2.45) is 0 Å². The van der Waals surface area contributed by atoms with Gasteiger partial charge in [0.15, 0.2) is 0 Å². The SMILES string of the molecule is CCN(CC)C(=O)c1cccc(C(=O)NCc2ccc(OC)cc2)n1. The first-order valence-corrected chi connectivity index (χ1v) is 8.26. The Bertz CT molecular complexity index is 725. The summed E-state index contributed by atoms with van der Waals surface area (Å²) in [6.45, 7) is 5.40. The predicted octanol–water partition coefficient (Wildman–Crippen LogP) is 2.50. The van der Waals surface area contributed by atoms with E-state index >= 15 is 0 Å². The van der Waals surface area contributed by atoms with Gasteiger partial charge in [0.2, 0.25) is 0 Å². The van der Waals surface area contributed by atoms with Crippen LogP contribution in [-0.4, -0.2) is 41.9 Å². The summed E-state index contributed by atoms with van der Waals surface area (Å²) in [6, 6.07) is 12.3. The van der Waals surface area contributed by atoms with Crippen LogP contribution < -0.4 is 10.1 Å². The molecule has 1 heterocycles. The van der Waals surface area contributed by atoms with Crippen molar-refractivity contribution >= 4 is 11.8 Å². The lowest BCUT2D eigenvalue weighted by molar-refractivity contribution is 0.0767. The minimum Gasteiger partial charge on any atom is -0.497 e. The number of nitrogens with zero attached hydrogens (tertiary/aromatic N) is 2. The zero-order valence-corrected chi connectivity index (χ0v) is 14.8. The first kappa shape index (κ1) is 18.4. The molecule has 0 saturated carbocycles. The smallest absolute Gasteiger partial charge is 0.272 e. The van der Waals surface area contributed by atoms with Crippen molar-refractivity contribution in [3.63, 3.8) is 0 Å². The van der Waals surface area contributed by atoms with Crippen LogP contribution >= 0.6 is 0 Å². The standard InChI is InChI=1S/C19H23N3O3/c1-4-22(5-2)19(24)17-8-6-7-16(21-17)18(23)20-13-14-9-11-15(25-3)12-10-14/h6-12H,4-5,13H2,1-3H3,(H,20,23). The normalized spacial score (nSPS) is 10.2. The zero-order chi connectivity index (χ0) is 18.2. The summed E-state index contributed by atoms with van der Waals surface area (Å²) in [6.07, 6.45) is 0. The van der Waals surface area contributed by atoms with Crippen LogP contribution in [0.25, 0.3) is 0 Å². The maximum absolute atomic E-state index is 12.3. The van der Waals surface area contributed by atoms with Gasteiger partial charge in [-0.2, -0.15) is 0 Å². The van der Waals surface area contributed by atoms with Crippen molar-refractivity contribution in [1.29, 1.82) is 0 Å². The van der Waals surface area contributed by atoms with Gasteiger partial charge in [0.05, 0.1) is 7.11 Å². The van der Waals surface area contributed by atoms with E-state index in [9.17, 15) is 9.59 Å². The molecule has 0 aliphatic rings. The molecule has 2 amide bonds. The average Bonchev–Trinajstić information content (AvgIpc) is 2.67. The minimum absolute atomic E-state index is 0.171. The van der Waals surface area contributed by atoms with Gasteiger partial charge in [0.25, 0.3) is 11.8 Å². The molecule has 0 saturated heterocycles. The van der Waals surface area contributed by atoms with Gasteiger partial charge >= 0.3 is 0 Å².